The van der Waals surface area contributed by atoms with E-state index in [9.17, 15) is 18.8 Å². The molecular formula is C21H13Cl2FN2O4S. The number of carbonyl (C=O) groups excluding carboxylic acids is 3. The predicted molar refractivity (Wildman–Crippen MR) is 118 cm³/mol. The van der Waals surface area contributed by atoms with Crippen molar-refractivity contribution in [3.8, 4) is 18.1 Å². The number of hydrogen-bond acceptors (Lipinski definition) is 5. The summed E-state index contributed by atoms with van der Waals surface area (Å²) in [6, 6.07) is 8.26. The first-order valence-electron chi connectivity index (χ1n) is 8.64. The number of anilines is 1. The van der Waals surface area contributed by atoms with Crippen molar-refractivity contribution in [3.63, 3.8) is 0 Å². The molecule has 1 fully saturated rings. The smallest absolute Gasteiger partial charge is 0.294 e. The molecule has 1 aliphatic heterocycles. The molecule has 10 heteroatoms. The number of carbonyl (C=O) groups is 3. The molecule has 1 heterocycles. The van der Waals surface area contributed by atoms with Crippen molar-refractivity contribution in [2.24, 2.45) is 0 Å². The Balaban J connectivity index is 1.73. The second-order valence-corrected chi connectivity index (χ2v) is 7.94. The van der Waals surface area contributed by atoms with Gasteiger partial charge in [0.15, 0.2) is 5.75 Å². The van der Waals surface area contributed by atoms with Crippen molar-refractivity contribution >= 4 is 63.8 Å². The Bertz CT molecular complexity index is 1120. The molecule has 1 aliphatic rings. The van der Waals surface area contributed by atoms with Crippen LogP contribution in [0.3, 0.4) is 0 Å². The minimum absolute atomic E-state index is 0.0185. The number of imide groups is 1. The van der Waals surface area contributed by atoms with E-state index < -0.39 is 29.4 Å². The molecular weight excluding hydrogens is 466 g/mol. The molecule has 2 aromatic rings. The van der Waals surface area contributed by atoms with Gasteiger partial charge in [0.2, 0.25) is 5.91 Å². The highest BCUT2D eigenvalue weighted by molar-refractivity contribution is 8.18. The fraction of sp³-hybridized carbons (Fsp3) is 0.0952. The maximum absolute atomic E-state index is 13.2. The van der Waals surface area contributed by atoms with Crippen LogP contribution in [0, 0.1) is 18.2 Å². The zero-order valence-electron chi connectivity index (χ0n) is 15.7. The molecule has 1 N–H and O–H groups in total. The molecule has 0 bridgehead atoms. The van der Waals surface area contributed by atoms with E-state index >= 15 is 0 Å². The quantitative estimate of drug-likeness (QED) is 0.475. The second kappa shape index (κ2) is 9.88. The van der Waals surface area contributed by atoms with Crippen molar-refractivity contribution in [2.75, 3.05) is 18.5 Å². The van der Waals surface area contributed by atoms with E-state index in [-0.39, 0.29) is 33.0 Å². The average Bonchev–Trinajstić information content (AvgIpc) is 2.95. The second-order valence-electron chi connectivity index (χ2n) is 6.13. The van der Waals surface area contributed by atoms with Crippen LogP contribution in [0.4, 0.5) is 14.9 Å². The Morgan fingerprint density at radius 1 is 1.26 bits per heavy atom. The lowest BCUT2D eigenvalue weighted by Gasteiger charge is -2.12. The molecule has 0 radical (unpaired) electrons. The van der Waals surface area contributed by atoms with Gasteiger partial charge in [-0.05, 0) is 53.7 Å². The Hall–Kier alpha value is -2.99. The van der Waals surface area contributed by atoms with Gasteiger partial charge in [0.05, 0.1) is 15.0 Å². The number of terminal acetylenes is 1. The lowest BCUT2D eigenvalue weighted by molar-refractivity contribution is -0.127. The largest absolute Gasteiger partial charge is 0.478 e. The highest BCUT2D eigenvalue weighted by Crippen LogP contribution is 2.37. The molecule has 0 aliphatic carbocycles. The van der Waals surface area contributed by atoms with Gasteiger partial charge in [-0.15, -0.1) is 6.42 Å². The van der Waals surface area contributed by atoms with Gasteiger partial charge in [-0.1, -0.05) is 35.2 Å². The van der Waals surface area contributed by atoms with Gasteiger partial charge < -0.3 is 10.1 Å². The van der Waals surface area contributed by atoms with Crippen molar-refractivity contribution in [2.45, 2.75) is 0 Å². The predicted octanol–water partition coefficient (Wildman–Crippen LogP) is 4.82. The Morgan fingerprint density at radius 2 is 1.97 bits per heavy atom. The standard InChI is InChI=1S/C21H13Cl2FN2O4S/c1-2-6-30-19-15(22)7-12(8-16(19)23)9-17-20(28)26(21(29)31-17)11-18(27)25-14-5-3-4-13(24)10-14/h1,3-5,7-10H,6,11H2,(H,25,27)/b17-9+. The molecule has 3 amide bonds. The molecule has 31 heavy (non-hydrogen) atoms. The number of benzene rings is 2. The number of halogens is 3. The molecule has 0 aromatic heterocycles. The van der Waals surface area contributed by atoms with Crippen LogP contribution in [-0.4, -0.2) is 35.1 Å². The summed E-state index contributed by atoms with van der Waals surface area (Å²) >= 11 is 13.0. The first kappa shape index (κ1) is 22.7. The Morgan fingerprint density at radius 3 is 2.61 bits per heavy atom. The minimum Gasteiger partial charge on any atom is -0.478 e. The third-order valence-corrected chi connectivity index (χ3v) is 5.37. The lowest BCUT2D eigenvalue weighted by atomic mass is 10.2. The third-order valence-electron chi connectivity index (χ3n) is 3.90. The van der Waals surface area contributed by atoms with Gasteiger partial charge in [-0.3, -0.25) is 19.3 Å². The maximum Gasteiger partial charge on any atom is 0.294 e. The number of hydrogen-bond donors (Lipinski definition) is 1. The van der Waals surface area contributed by atoms with Crippen molar-refractivity contribution in [1.82, 2.24) is 4.90 Å². The molecule has 6 nitrogen and oxygen atoms in total. The summed E-state index contributed by atoms with van der Waals surface area (Å²) in [5.41, 5.74) is 0.668. The van der Waals surface area contributed by atoms with E-state index in [1.54, 1.807) is 0 Å². The van der Waals surface area contributed by atoms with Crippen LogP contribution in [0.2, 0.25) is 10.0 Å². The number of ether oxygens (including phenoxy) is 1. The molecule has 3 rings (SSSR count). The van der Waals surface area contributed by atoms with Crippen molar-refractivity contribution < 1.29 is 23.5 Å². The number of thioether (sulfide) groups is 1. The van der Waals surface area contributed by atoms with E-state index in [1.165, 1.54) is 36.4 Å². The van der Waals surface area contributed by atoms with Crippen LogP contribution >= 0.6 is 35.0 Å². The third kappa shape index (κ3) is 5.58. The summed E-state index contributed by atoms with van der Waals surface area (Å²) in [6.45, 7) is -0.533. The van der Waals surface area contributed by atoms with E-state index in [1.807, 2.05) is 0 Å². The monoisotopic (exact) mass is 478 g/mol. The van der Waals surface area contributed by atoms with Crippen LogP contribution in [0.15, 0.2) is 41.3 Å². The first-order valence-corrected chi connectivity index (χ1v) is 10.2. The van der Waals surface area contributed by atoms with Gasteiger partial charge in [0.1, 0.15) is 19.0 Å². The summed E-state index contributed by atoms with van der Waals surface area (Å²) in [4.78, 5) is 37.9. The van der Waals surface area contributed by atoms with Crippen LogP contribution in [-0.2, 0) is 9.59 Å². The van der Waals surface area contributed by atoms with E-state index in [0.717, 1.165) is 11.0 Å². The highest BCUT2D eigenvalue weighted by Gasteiger charge is 2.36. The Labute approximate surface area is 191 Å². The number of rotatable bonds is 6. The molecule has 0 unspecified atom stereocenters. The summed E-state index contributed by atoms with van der Waals surface area (Å²) in [6.07, 6.45) is 6.58. The molecule has 158 valence electrons. The normalized spacial score (nSPS) is 14.6. The van der Waals surface area contributed by atoms with Crippen LogP contribution in [0.1, 0.15) is 5.56 Å². The zero-order chi connectivity index (χ0) is 22.5. The summed E-state index contributed by atoms with van der Waals surface area (Å²) in [5, 5.41) is 2.19. The van der Waals surface area contributed by atoms with Gasteiger partial charge >= 0.3 is 0 Å². The molecule has 0 atom stereocenters. The summed E-state index contributed by atoms with van der Waals surface area (Å²) in [5.74, 6) is 0.688. The summed E-state index contributed by atoms with van der Waals surface area (Å²) < 4.78 is 18.5. The van der Waals surface area contributed by atoms with Crippen molar-refractivity contribution in [1.29, 1.82) is 0 Å². The van der Waals surface area contributed by atoms with E-state index in [0.29, 0.717) is 17.3 Å². The molecule has 0 saturated carbocycles. The van der Waals surface area contributed by atoms with E-state index in [2.05, 4.69) is 11.2 Å². The maximum atomic E-state index is 13.2. The van der Waals surface area contributed by atoms with Crippen LogP contribution in [0.25, 0.3) is 6.08 Å². The van der Waals surface area contributed by atoms with Crippen molar-refractivity contribution in [3.05, 3.63) is 62.7 Å². The average molecular weight is 479 g/mol. The Kier molecular flexibility index (Phi) is 7.23. The van der Waals surface area contributed by atoms with Gasteiger partial charge in [-0.2, -0.15) is 0 Å². The van der Waals surface area contributed by atoms with Crippen LogP contribution in [0.5, 0.6) is 5.75 Å². The van der Waals surface area contributed by atoms with E-state index in [4.69, 9.17) is 34.4 Å². The number of nitrogens with zero attached hydrogens (tertiary/aromatic N) is 1. The molecule has 0 spiro atoms. The number of amides is 3. The summed E-state index contributed by atoms with van der Waals surface area (Å²) in [7, 11) is 0. The minimum atomic E-state index is -0.649. The topological polar surface area (TPSA) is 75.7 Å². The lowest BCUT2D eigenvalue weighted by Crippen LogP contribution is -2.36. The molecule has 2 aromatic carbocycles. The van der Waals surface area contributed by atoms with Gasteiger partial charge in [0, 0.05) is 5.69 Å². The number of nitrogens with one attached hydrogen (secondary N) is 1. The highest BCUT2D eigenvalue weighted by atomic mass is 35.5. The first-order chi connectivity index (χ1) is 14.8. The fourth-order valence-corrected chi connectivity index (χ4v) is 4.06. The zero-order valence-corrected chi connectivity index (χ0v) is 18.0. The van der Waals surface area contributed by atoms with Gasteiger partial charge in [0.25, 0.3) is 11.1 Å². The SMILES string of the molecule is C#CCOc1c(Cl)cc(/C=C2/SC(=O)N(CC(=O)Nc3cccc(F)c3)C2=O)cc1Cl. The molecule has 1 saturated heterocycles. The van der Waals surface area contributed by atoms with Crippen LogP contribution < -0.4 is 10.1 Å². The van der Waals surface area contributed by atoms with Gasteiger partial charge in [-0.25, -0.2) is 4.39 Å². The fourth-order valence-electron chi connectivity index (χ4n) is 2.61.